The first-order valence-electron chi connectivity index (χ1n) is 8.12. The van der Waals surface area contributed by atoms with E-state index in [1.165, 1.54) is 50.7 Å². The van der Waals surface area contributed by atoms with Crippen LogP contribution in [0.5, 0.6) is 0 Å². The summed E-state index contributed by atoms with van der Waals surface area (Å²) in [4.78, 5) is 0. The van der Waals surface area contributed by atoms with Crippen LogP contribution in [0, 0.1) is 34.8 Å². The zero-order valence-electron chi connectivity index (χ0n) is 12.1. The molecule has 114 valence electrons. The number of benzene rings is 1. The molecule has 21 heavy (non-hydrogen) atoms. The highest BCUT2D eigenvalue weighted by Crippen LogP contribution is 2.62. The molecule has 1 atom stereocenters. The molecule has 1 aromatic carbocycles. The molecule has 4 fully saturated rings. The lowest BCUT2D eigenvalue weighted by Crippen LogP contribution is -2.50. The summed E-state index contributed by atoms with van der Waals surface area (Å²) < 4.78 is 26.4. The van der Waals surface area contributed by atoms with Crippen molar-refractivity contribution < 1.29 is 8.78 Å². The van der Waals surface area contributed by atoms with Crippen LogP contribution in [0.1, 0.15) is 44.1 Å². The largest absolute Gasteiger partial charge is 0.204 e. The lowest BCUT2D eigenvalue weighted by atomic mass is 9.48. The number of hydrogen-bond acceptors (Lipinski definition) is 0. The van der Waals surface area contributed by atoms with Crippen molar-refractivity contribution >= 4 is 11.6 Å². The van der Waals surface area contributed by atoms with Gasteiger partial charge in [0.2, 0.25) is 0 Å². The van der Waals surface area contributed by atoms with E-state index in [0.29, 0.717) is 6.42 Å². The molecular formula is C18H21ClF2. The van der Waals surface area contributed by atoms with E-state index in [4.69, 9.17) is 11.6 Å². The van der Waals surface area contributed by atoms with Crippen LogP contribution in [0.4, 0.5) is 8.78 Å². The van der Waals surface area contributed by atoms with Gasteiger partial charge in [0, 0.05) is 5.38 Å². The summed E-state index contributed by atoms with van der Waals surface area (Å²) in [7, 11) is 0. The van der Waals surface area contributed by atoms with E-state index in [-0.39, 0.29) is 10.8 Å². The Morgan fingerprint density at radius 1 is 1.00 bits per heavy atom. The summed E-state index contributed by atoms with van der Waals surface area (Å²) in [6.07, 6.45) is 8.59. The molecule has 4 saturated carbocycles. The molecular weight excluding hydrogens is 290 g/mol. The van der Waals surface area contributed by atoms with Gasteiger partial charge in [-0.1, -0.05) is 6.07 Å². The normalized spacial score (nSPS) is 38.7. The zero-order chi connectivity index (χ0) is 14.6. The first kappa shape index (κ1) is 14.0. The minimum atomic E-state index is -0.778. The van der Waals surface area contributed by atoms with Gasteiger partial charge in [-0.2, -0.15) is 0 Å². The Hall–Kier alpha value is -0.630. The molecule has 0 radical (unpaired) electrons. The van der Waals surface area contributed by atoms with E-state index in [0.717, 1.165) is 23.3 Å². The highest BCUT2D eigenvalue weighted by molar-refractivity contribution is 6.21. The third-order valence-corrected chi connectivity index (χ3v) is 6.77. The van der Waals surface area contributed by atoms with Gasteiger partial charge in [0.15, 0.2) is 11.6 Å². The van der Waals surface area contributed by atoms with Gasteiger partial charge in [0.05, 0.1) is 0 Å². The number of halogens is 3. The molecule has 0 nitrogen and oxygen atoms in total. The van der Waals surface area contributed by atoms with Crippen LogP contribution in [0.3, 0.4) is 0 Å². The molecule has 0 heterocycles. The molecule has 4 aliphatic carbocycles. The van der Waals surface area contributed by atoms with Crippen molar-refractivity contribution in [1.82, 2.24) is 0 Å². The monoisotopic (exact) mass is 310 g/mol. The van der Waals surface area contributed by atoms with Crippen LogP contribution in [0.15, 0.2) is 18.2 Å². The Bertz CT molecular complexity index is 519. The van der Waals surface area contributed by atoms with Crippen molar-refractivity contribution in [3.8, 4) is 0 Å². The second kappa shape index (κ2) is 4.94. The van der Waals surface area contributed by atoms with Crippen LogP contribution in [-0.4, -0.2) is 5.38 Å². The number of rotatable bonds is 3. The Balaban J connectivity index is 1.54. The van der Waals surface area contributed by atoms with E-state index in [2.05, 4.69) is 0 Å². The summed E-state index contributed by atoms with van der Waals surface area (Å²) in [6, 6.07) is 4.20. The average molecular weight is 311 g/mol. The third kappa shape index (κ3) is 2.40. The van der Waals surface area contributed by atoms with E-state index in [1.807, 2.05) is 0 Å². The highest BCUT2D eigenvalue weighted by atomic mass is 35.5. The standard InChI is InChI=1S/C18H21ClF2/c19-17(7-11-1-2-15(20)16(21)6-11)18-8-12-3-13(9-18)5-14(4-12)10-18/h1-2,6,12-14,17H,3-5,7-10H2. The second-order valence-electron chi connectivity index (χ2n) is 7.70. The van der Waals surface area contributed by atoms with Crippen LogP contribution < -0.4 is 0 Å². The molecule has 0 aliphatic heterocycles. The van der Waals surface area contributed by atoms with Crippen molar-refractivity contribution in [2.75, 3.05) is 0 Å². The summed E-state index contributed by atoms with van der Waals surface area (Å²) >= 11 is 6.81. The quantitative estimate of drug-likeness (QED) is 0.662. The van der Waals surface area contributed by atoms with Crippen molar-refractivity contribution in [3.05, 3.63) is 35.4 Å². The molecule has 0 N–H and O–H groups in total. The molecule has 0 amide bonds. The average Bonchev–Trinajstić information content (AvgIpc) is 2.41. The van der Waals surface area contributed by atoms with Crippen LogP contribution in [0.25, 0.3) is 0 Å². The van der Waals surface area contributed by atoms with Gasteiger partial charge in [-0.3, -0.25) is 0 Å². The summed E-state index contributed by atoms with van der Waals surface area (Å²) in [5.41, 5.74) is 1.07. The molecule has 1 unspecified atom stereocenters. The van der Waals surface area contributed by atoms with Gasteiger partial charge >= 0.3 is 0 Å². The fourth-order valence-electron chi connectivity index (χ4n) is 5.65. The fourth-order valence-corrected chi connectivity index (χ4v) is 6.10. The van der Waals surface area contributed by atoms with Crippen LogP contribution in [-0.2, 0) is 6.42 Å². The van der Waals surface area contributed by atoms with Crippen molar-refractivity contribution in [1.29, 1.82) is 0 Å². The van der Waals surface area contributed by atoms with Gasteiger partial charge in [0.25, 0.3) is 0 Å². The topological polar surface area (TPSA) is 0 Å². The first-order valence-corrected chi connectivity index (χ1v) is 8.56. The smallest absolute Gasteiger partial charge is 0.159 e. The summed E-state index contributed by atoms with van der Waals surface area (Å²) in [6.45, 7) is 0. The summed E-state index contributed by atoms with van der Waals surface area (Å²) in [5.74, 6) is 1.05. The number of hydrogen-bond donors (Lipinski definition) is 0. The number of alkyl halides is 1. The van der Waals surface area contributed by atoms with Gasteiger partial charge in [-0.05, 0) is 85.8 Å². The predicted molar refractivity (Wildman–Crippen MR) is 80.3 cm³/mol. The Morgan fingerprint density at radius 2 is 1.57 bits per heavy atom. The van der Waals surface area contributed by atoms with Gasteiger partial charge in [-0.15, -0.1) is 11.6 Å². The SMILES string of the molecule is Fc1ccc(CC(Cl)C23CC4CC(CC(C4)C2)C3)cc1F. The maximum absolute atomic E-state index is 13.4. The van der Waals surface area contributed by atoms with E-state index < -0.39 is 11.6 Å². The van der Waals surface area contributed by atoms with Gasteiger partial charge < -0.3 is 0 Å². The predicted octanol–water partition coefficient (Wildman–Crippen LogP) is 5.33. The lowest BCUT2D eigenvalue weighted by molar-refractivity contribution is -0.0545. The molecule has 1 aromatic rings. The van der Waals surface area contributed by atoms with Gasteiger partial charge in [0.1, 0.15) is 0 Å². The minimum absolute atomic E-state index is 0.0516. The Kier molecular flexibility index (Phi) is 3.29. The van der Waals surface area contributed by atoms with Crippen molar-refractivity contribution in [2.24, 2.45) is 23.2 Å². The van der Waals surface area contributed by atoms with E-state index >= 15 is 0 Å². The Morgan fingerprint density at radius 3 is 2.10 bits per heavy atom. The van der Waals surface area contributed by atoms with Crippen LogP contribution >= 0.6 is 11.6 Å². The second-order valence-corrected chi connectivity index (χ2v) is 8.23. The fraction of sp³-hybridized carbons (Fsp3) is 0.667. The van der Waals surface area contributed by atoms with Gasteiger partial charge in [-0.25, -0.2) is 8.78 Å². The van der Waals surface area contributed by atoms with Crippen LogP contribution in [0.2, 0.25) is 0 Å². The van der Waals surface area contributed by atoms with E-state index in [1.54, 1.807) is 6.07 Å². The molecule has 4 aliphatic rings. The minimum Gasteiger partial charge on any atom is -0.204 e. The molecule has 3 heteroatoms. The van der Waals surface area contributed by atoms with Crippen molar-refractivity contribution in [2.45, 2.75) is 50.3 Å². The zero-order valence-corrected chi connectivity index (χ0v) is 12.9. The molecule has 0 saturated heterocycles. The lowest BCUT2D eigenvalue weighted by Gasteiger charge is -2.58. The van der Waals surface area contributed by atoms with E-state index in [9.17, 15) is 8.78 Å². The molecule has 0 aromatic heterocycles. The Labute approximate surface area is 129 Å². The molecule has 4 bridgehead atoms. The first-order chi connectivity index (χ1) is 10.0. The third-order valence-electron chi connectivity index (χ3n) is 6.15. The molecule has 0 spiro atoms. The highest BCUT2D eigenvalue weighted by Gasteiger charge is 2.53. The maximum Gasteiger partial charge on any atom is 0.159 e. The van der Waals surface area contributed by atoms with Crippen molar-refractivity contribution in [3.63, 3.8) is 0 Å². The maximum atomic E-state index is 13.4. The summed E-state index contributed by atoms with van der Waals surface area (Å²) in [5, 5.41) is 0.0516. The molecule has 5 rings (SSSR count).